The van der Waals surface area contributed by atoms with Crippen LogP contribution in [0.1, 0.15) is 48.5 Å². The minimum Gasteiger partial charge on any atom is -0.491 e. The third-order valence-electron chi connectivity index (χ3n) is 7.67. The number of rotatable bonds is 18. The molecule has 1 heterocycles. The summed E-state index contributed by atoms with van der Waals surface area (Å²) in [6.07, 6.45) is 5.75. The molecule has 50 heavy (non-hydrogen) atoms. The van der Waals surface area contributed by atoms with E-state index in [2.05, 4.69) is 9.46 Å². The summed E-state index contributed by atoms with van der Waals surface area (Å²) >= 11 is 12.7. The van der Waals surface area contributed by atoms with Crippen molar-refractivity contribution in [1.82, 2.24) is 0 Å². The fraction of sp³-hybridized carbons (Fsp3) is 0.424. The number of sulfonamides is 1. The third kappa shape index (κ3) is 11.5. The number of esters is 2. The third-order valence-corrected chi connectivity index (χ3v) is 8.91. The maximum Gasteiger partial charge on any atom is 0.387 e. The Labute approximate surface area is 297 Å². The van der Waals surface area contributed by atoms with Crippen LogP contribution < -0.4 is 23.7 Å². The van der Waals surface area contributed by atoms with Crippen LogP contribution in [0.2, 0.25) is 10.0 Å². The van der Waals surface area contributed by atoms with Gasteiger partial charge in [0.1, 0.15) is 21.9 Å². The predicted octanol–water partition coefficient (Wildman–Crippen LogP) is 5.68. The molecular weight excluding hydrogens is 725 g/mol. The van der Waals surface area contributed by atoms with E-state index in [-0.39, 0.29) is 52.6 Å². The SMILES string of the molecule is CS(=O)(=O)Nc1cc(CC(=O)OCC(=O)O[C@@H](Cc2c(Cl)c[n+](O)cc2Cl)c2ccc(OC(F)F)c(OCC3CC3)c2)ccc1OCC1CC1. The topological polar surface area (TPSA) is 151 Å². The van der Waals surface area contributed by atoms with E-state index >= 15 is 0 Å². The molecule has 2 aliphatic carbocycles. The van der Waals surface area contributed by atoms with Crippen molar-refractivity contribution in [3.8, 4) is 17.2 Å². The second-order valence-corrected chi connectivity index (χ2v) is 14.7. The molecule has 270 valence electrons. The molecule has 12 nitrogen and oxygen atoms in total. The molecule has 17 heteroatoms. The Morgan fingerprint density at radius 2 is 1.56 bits per heavy atom. The first-order valence-electron chi connectivity index (χ1n) is 15.6. The van der Waals surface area contributed by atoms with Crippen molar-refractivity contribution >= 4 is 50.9 Å². The molecule has 0 saturated heterocycles. The van der Waals surface area contributed by atoms with Gasteiger partial charge in [-0.1, -0.05) is 35.3 Å². The Bertz CT molecular complexity index is 1800. The van der Waals surface area contributed by atoms with Gasteiger partial charge in [0.25, 0.3) is 0 Å². The maximum absolute atomic E-state index is 13.1. The normalized spacial score (nSPS) is 14.9. The average Bonchev–Trinajstić information content (AvgIpc) is 3.95. The standard InChI is InChI=1S/C33H35Cl2F2N2O10S/c1-50(43,44)38-26-10-21(6-8-27(26)45-16-19-2-3-19)11-31(40)47-18-32(41)48-29(13-23-24(34)14-39(42)15-25(23)35)22-7-9-28(49-33(36)37)30(12-22)46-17-20-4-5-20/h6-10,12,14-15,19-20,29,33,38,42H,2-5,11,13,16-18H2,1H3/q+1/t29-/m0/s1. The van der Waals surface area contributed by atoms with Crippen LogP contribution >= 0.6 is 23.2 Å². The highest BCUT2D eigenvalue weighted by atomic mass is 35.5. The van der Waals surface area contributed by atoms with Crippen LogP contribution in [-0.2, 0) is 41.9 Å². The molecule has 2 saturated carbocycles. The highest BCUT2D eigenvalue weighted by molar-refractivity contribution is 7.92. The zero-order valence-electron chi connectivity index (χ0n) is 26.8. The van der Waals surface area contributed by atoms with Crippen LogP contribution in [0.4, 0.5) is 14.5 Å². The number of nitrogens with one attached hydrogen (secondary N) is 1. The lowest BCUT2D eigenvalue weighted by molar-refractivity contribution is -0.904. The van der Waals surface area contributed by atoms with Gasteiger partial charge in [0.15, 0.2) is 18.1 Å². The predicted molar refractivity (Wildman–Crippen MR) is 175 cm³/mol. The second-order valence-electron chi connectivity index (χ2n) is 12.1. The first kappa shape index (κ1) is 37.2. The van der Waals surface area contributed by atoms with E-state index < -0.39 is 41.3 Å². The smallest absolute Gasteiger partial charge is 0.387 e. The Kier molecular flexibility index (Phi) is 12.1. The largest absolute Gasteiger partial charge is 0.491 e. The summed E-state index contributed by atoms with van der Waals surface area (Å²) in [4.78, 5) is 25.8. The van der Waals surface area contributed by atoms with E-state index in [4.69, 9.17) is 42.1 Å². The van der Waals surface area contributed by atoms with Crippen molar-refractivity contribution in [1.29, 1.82) is 0 Å². The number of hydrogen-bond donors (Lipinski definition) is 2. The molecule has 0 spiro atoms. The van der Waals surface area contributed by atoms with Crippen LogP contribution in [-0.4, -0.2) is 58.3 Å². The fourth-order valence-corrected chi connectivity index (χ4v) is 5.97. The maximum atomic E-state index is 13.1. The molecule has 2 fully saturated rings. The summed E-state index contributed by atoms with van der Waals surface area (Å²) < 4.78 is 80.2. The summed E-state index contributed by atoms with van der Waals surface area (Å²) in [5, 5.41) is 9.89. The Morgan fingerprint density at radius 1 is 0.940 bits per heavy atom. The number of alkyl halides is 2. The van der Waals surface area contributed by atoms with Gasteiger partial charge in [-0.25, -0.2) is 13.2 Å². The molecule has 0 amide bonds. The molecule has 0 bridgehead atoms. The van der Waals surface area contributed by atoms with Gasteiger partial charge >= 0.3 is 18.6 Å². The van der Waals surface area contributed by atoms with Crippen molar-refractivity contribution in [3.63, 3.8) is 0 Å². The molecule has 0 aliphatic heterocycles. The van der Waals surface area contributed by atoms with Crippen molar-refractivity contribution in [2.45, 2.75) is 51.2 Å². The van der Waals surface area contributed by atoms with E-state index in [9.17, 15) is 32.0 Å². The van der Waals surface area contributed by atoms with E-state index in [0.29, 0.717) is 39.7 Å². The number of anilines is 1. The Balaban J connectivity index is 1.29. The quantitative estimate of drug-likeness (QED) is 0.0942. The van der Waals surface area contributed by atoms with Crippen LogP contribution in [0, 0.1) is 11.8 Å². The lowest BCUT2D eigenvalue weighted by Gasteiger charge is -2.21. The van der Waals surface area contributed by atoms with Crippen molar-refractivity contribution in [2.24, 2.45) is 11.8 Å². The summed E-state index contributed by atoms with van der Waals surface area (Å²) in [5.41, 5.74) is 1.16. The zero-order valence-corrected chi connectivity index (χ0v) is 29.1. The van der Waals surface area contributed by atoms with Gasteiger partial charge in [-0.15, -0.1) is 0 Å². The molecule has 0 radical (unpaired) electrons. The number of hydrogen-bond acceptors (Lipinski definition) is 10. The number of carbonyl (C=O) groups is 2. The van der Waals surface area contributed by atoms with Gasteiger partial charge in [-0.05, 0) is 72.9 Å². The van der Waals surface area contributed by atoms with E-state index in [1.165, 1.54) is 36.7 Å². The van der Waals surface area contributed by atoms with Gasteiger partial charge in [0, 0.05) is 16.7 Å². The summed E-state index contributed by atoms with van der Waals surface area (Å²) in [5.74, 6) is -0.939. The second kappa shape index (κ2) is 16.3. The highest BCUT2D eigenvalue weighted by Gasteiger charge is 2.27. The molecular formula is C33H35Cl2F2N2O10S+. The van der Waals surface area contributed by atoms with E-state index in [0.717, 1.165) is 31.9 Å². The number of aromatic nitrogens is 1. The van der Waals surface area contributed by atoms with Crippen molar-refractivity contribution in [3.05, 3.63) is 75.5 Å². The lowest BCUT2D eigenvalue weighted by atomic mass is 10.0. The molecule has 1 atom stereocenters. The zero-order chi connectivity index (χ0) is 36.0. The molecule has 0 unspecified atom stereocenters. The molecule has 1 aromatic heterocycles. The van der Waals surface area contributed by atoms with Crippen LogP contribution in [0.25, 0.3) is 0 Å². The van der Waals surface area contributed by atoms with E-state index in [1.807, 2.05) is 0 Å². The summed E-state index contributed by atoms with van der Waals surface area (Å²) in [7, 11) is -3.65. The number of pyridine rings is 1. The summed E-state index contributed by atoms with van der Waals surface area (Å²) in [6.45, 7) is -3.19. The first-order chi connectivity index (χ1) is 23.7. The Hall–Kier alpha value is -4.08. The minimum atomic E-state index is -3.65. The molecule has 2 aliphatic rings. The Morgan fingerprint density at radius 3 is 2.16 bits per heavy atom. The van der Waals surface area contributed by atoms with Gasteiger partial charge in [-0.3, -0.25) is 14.7 Å². The molecule has 2 aromatic carbocycles. The van der Waals surface area contributed by atoms with Gasteiger partial charge in [0.05, 0.1) is 31.6 Å². The van der Waals surface area contributed by atoms with Gasteiger partial charge < -0.3 is 23.7 Å². The number of benzene rings is 2. The number of halogens is 4. The van der Waals surface area contributed by atoms with Crippen molar-refractivity contribution in [2.75, 3.05) is 30.8 Å². The molecule has 5 rings (SSSR count). The number of nitrogens with zero attached hydrogens (tertiary/aromatic N) is 1. The fourth-order valence-electron chi connectivity index (χ4n) is 4.81. The van der Waals surface area contributed by atoms with Crippen LogP contribution in [0.5, 0.6) is 17.2 Å². The van der Waals surface area contributed by atoms with Crippen LogP contribution in [0.15, 0.2) is 48.8 Å². The average molecular weight is 761 g/mol. The summed E-state index contributed by atoms with van der Waals surface area (Å²) in [6, 6.07) is 8.65. The first-order valence-corrected chi connectivity index (χ1v) is 18.3. The lowest BCUT2D eigenvalue weighted by Crippen LogP contribution is -2.29. The van der Waals surface area contributed by atoms with Crippen molar-refractivity contribution < 1.29 is 60.4 Å². The number of carbonyl (C=O) groups excluding carboxylic acids is 2. The minimum absolute atomic E-state index is 0.00863. The molecule has 2 N–H and O–H groups in total. The monoisotopic (exact) mass is 759 g/mol. The van der Waals surface area contributed by atoms with Gasteiger partial charge in [-0.2, -0.15) is 8.78 Å². The van der Waals surface area contributed by atoms with Gasteiger partial charge in [0.2, 0.25) is 22.4 Å². The number of ether oxygens (including phenoxy) is 5. The highest BCUT2D eigenvalue weighted by Crippen LogP contribution is 2.38. The molecule has 3 aromatic rings. The van der Waals surface area contributed by atoms with E-state index in [1.54, 1.807) is 12.1 Å². The van der Waals surface area contributed by atoms with Crippen LogP contribution in [0.3, 0.4) is 0 Å².